The molecule has 1 saturated carbocycles. The van der Waals surface area contributed by atoms with E-state index in [0.29, 0.717) is 18.3 Å². The van der Waals surface area contributed by atoms with Crippen molar-refractivity contribution in [2.75, 3.05) is 6.61 Å². The van der Waals surface area contributed by atoms with Crippen LogP contribution >= 0.6 is 11.3 Å². The number of unbranched alkanes of at least 4 members (excludes halogenated alkanes) is 1. The van der Waals surface area contributed by atoms with Gasteiger partial charge in [-0.05, 0) is 54.7 Å². The van der Waals surface area contributed by atoms with Crippen molar-refractivity contribution in [3.63, 3.8) is 0 Å². The number of hydrogen-bond donors (Lipinski definition) is 0. The standard InChI is InChI=1S/C19H25FOS/c1-3-4-11-21-16-10-9-15-12-17(22-19(15)18(16)20)14-7-5-13(2)6-8-14/h9-10,12-14H,3-8,11H2,1-2H3. The monoisotopic (exact) mass is 320 g/mol. The fourth-order valence-electron chi connectivity index (χ4n) is 3.25. The molecule has 2 aromatic rings. The average molecular weight is 320 g/mol. The van der Waals surface area contributed by atoms with Crippen LogP contribution in [0, 0.1) is 11.7 Å². The van der Waals surface area contributed by atoms with Gasteiger partial charge in [0.25, 0.3) is 0 Å². The van der Waals surface area contributed by atoms with Crippen molar-refractivity contribution in [3.05, 3.63) is 28.9 Å². The van der Waals surface area contributed by atoms with E-state index in [0.717, 1.165) is 28.8 Å². The summed E-state index contributed by atoms with van der Waals surface area (Å²) in [6, 6.07) is 5.98. The zero-order valence-electron chi connectivity index (χ0n) is 13.5. The first-order valence-corrected chi connectivity index (χ1v) is 9.35. The van der Waals surface area contributed by atoms with E-state index in [1.54, 1.807) is 17.4 Å². The van der Waals surface area contributed by atoms with Gasteiger partial charge in [-0.25, -0.2) is 4.39 Å². The lowest BCUT2D eigenvalue weighted by Gasteiger charge is -2.25. The van der Waals surface area contributed by atoms with Gasteiger partial charge >= 0.3 is 0 Å². The Hall–Kier alpha value is -1.09. The van der Waals surface area contributed by atoms with Crippen molar-refractivity contribution in [1.82, 2.24) is 0 Å². The summed E-state index contributed by atoms with van der Waals surface area (Å²) < 4.78 is 21.0. The minimum absolute atomic E-state index is 0.172. The van der Waals surface area contributed by atoms with Crippen molar-refractivity contribution >= 4 is 21.4 Å². The second-order valence-electron chi connectivity index (χ2n) is 6.60. The zero-order chi connectivity index (χ0) is 15.5. The number of hydrogen-bond acceptors (Lipinski definition) is 2. The van der Waals surface area contributed by atoms with E-state index in [-0.39, 0.29) is 5.82 Å². The first-order valence-electron chi connectivity index (χ1n) is 8.53. The van der Waals surface area contributed by atoms with Crippen LogP contribution in [0.4, 0.5) is 4.39 Å². The highest BCUT2D eigenvalue weighted by Gasteiger charge is 2.22. The third-order valence-electron chi connectivity index (χ3n) is 4.78. The number of benzene rings is 1. The van der Waals surface area contributed by atoms with Gasteiger partial charge < -0.3 is 4.74 Å². The summed E-state index contributed by atoms with van der Waals surface area (Å²) in [5.74, 6) is 1.71. The quantitative estimate of drug-likeness (QED) is 0.570. The molecule has 0 radical (unpaired) electrons. The molecule has 120 valence electrons. The Bertz CT molecular complexity index is 626. The third kappa shape index (κ3) is 3.29. The Morgan fingerprint density at radius 3 is 2.73 bits per heavy atom. The molecule has 0 saturated heterocycles. The zero-order valence-corrected chi connectivity index (χ0v) is 14.3. The van der Waals surface area contributed by atoms with Crippen molar-refractivity contribution in [1.29, 1.82) is 0 Å². The Morgan fingerprint density at radius 2 is 2.00 bits per heavy atom. The molecule has 0 spiro atoms. The Balaban J connectivity index is 1.81. The second kappa shape index (κ2) is 6.99. The van der Waals surface area contributed by atoms with Gasteiger partial charge in [0.05, 0.1) is 11.3 Å². The van der Waals surface area contributed by atoms with Gasteiger partial charge in [0.2, 0.25) is 0 Å². The second-order valence-corrected chi connectivity index (χ2v) is 7.69. The van der Waals surface area contributed by atoms with Gasteiger partial charge in [-0.15, -0.1) is 11.3 Å². The molecular weight excluding hydrogens is 295 g/mol. The molecule has 1 aromatic carbocycles. The number of fused-ring (bicyclic) bond motifs is 1. The molecule has 0 unspecified atom stereocenters. The molecular formula is C19H25FOS. The van der Waals surface area contributed by atoms with Gasteiger partial charge in [-0.1, -0.05) is 33.1 Å². The molecule has 0 aliphatic heterocycles. The molecule has 1 fully saturated rings. The number of halogens is 1. The molecule has 1 heterocycles. The molecule has 1 nitrogen and oxygen atoms in total. The molecule has 3 rings (SSSR count). The normalized spacial score (nSPS) is 22.1. The summed E-state index contributed by atoms with van der Waals surface area (Å²) >= 11 is 1.63. The van der Waals surface area contributed by atoms with E-state index in [4.69, 9.17) is 4.74 Å². The van der Waals surface area contributed by atoms with Gasteiger partial charge in [0.1, 0.15) is 0 Å². The van der Waals surface area contributed by atoms with Gasteiger partial charge in [0, 0.05) is 4.88 Å². The van der Waals surface area contributed by atoms with Crippen LogP contribution in [-0.2, 0) is 0 Å². The van der Waals surface area contributed by atoms with Crippen LogP contribution in [0.25, 0.3) is 10.1 Å². The van der Waals surface area contributed by atoms with Gasteiger partial charge in [-0.3, -0.25) is 0 Å². The summed E-state index contributed by atoms with van der Waals surface area (Å²) in [5, 5.41) is 1.03. The maximum atomic E-state index is 14.6. The fraction of sp³-hybridized carbons (Fsp3) is 0.579. The number of rotatable bonds is 5. The summed E-state index contributed by atoms with van der Waals surface area (Å²) in [5.41, 5.74) is 0. The van der Waals surface area contributed by atoms with Crippen LogP contribution in [0.1, 0.15) is 63.2 Å². The molecule has 1 aliphatic rings. The topological polar surface area (TPSA) is 9.23 Å². The molecule has 0 atom stereocenters. The molecule has 0 bridgehead atoms. The first kappa shape index (κ1) is 15.8. The van der Waals surface area contributed by atoms with Crippen molar-refractivity contribution in [3.8, 4) is 5.75 Å². The highest BCUT2D eigenvalue weighted by molar-refractivity contribution is 7.19. The molecule has 3 heteroatoms. The minimum Gasteiger partial charge on any atom is -0.490 e. The smallest absolute Gasteiger partial charge is 0.182 e. The molecule has 0 amide bonds. The van der Waals surface area contributed by atoms with E-state index >= 15 is 0 Å². The van der Waals surface area contributed by atoms with Crippen molar-refractivity contribution in [2.45, 2.75) is 58.3 Å². The Kier molecular flexibility index (Phi) is 5.02. The predicted molar refractivity (Wildman–Crippen MR) is 92.6 cm³/mol. The fourth-order valence-corrected chi connectivity index (χ4v) is 4.51. The lowest BCUT2D eigenvalue weighted by atomic mass is 9.82. The van der Waals surface area contributed by atoms with E-state index in [9.17, 15) is 4.39 Å². The van der Waals surface area contributed by atoms with E-state index in [1.165, 1.54) is 30.6 Å². The Morgan fingerprint density at radius 1 is 1.23 bits per heavy atom. The lowest BCUT2D eigenvalue weighted by molar-refractivity contribution is 0.295. The summed E-state index contributed by atoms with van der Waals surface area (Å²) in [4.78, 5) is 1.35. The van der Waals surface area contributed by atoms with Crippen LogP contribution < -0.4 is 4.74 Å². The number of ether oxygens (including phenoxy) is 1. The van der Waals surface area contributed by atoms with Gasteiger partial charge in [0.15, 0.2) is 11.6 Å². The van der Waals surface area contributed by atoms with Gasteiger partial charge in [-0.2, -0.15) is 0 Å². The third-order valence-corrected chi connectivity index (χ3v) is 6.09. The predicted octanol–water partition coefficient (Wildman–Crippen LogP) is 6.51. The van der Waals surface area contributed by atoms with Crippen LogP contribution in [0.15, 0.2) is 18.2 Å². The maximum Gasteiger partial charge on any atom is 0.182 e. The van der Waals surface area contributed by atoms with Crippen LogP contribution in [0.2, 0.25) is 0 Å². The highest BCUT2D eigenvalue weighted by Crippen LogP contribution is 2.42. The largest absolute Gasteiger partial charge is 0.490 e. The minimum atomic E-state index is -0.172. The molecule has 22 heavy (non-hydrogen) atoms. The lowest BCUT2D eigenvalue weighted by Crippen LogP contribution is -2.09. The van der Waals surface area contributed by atoms with Crippen molar-refractivity contribution in [2.24, 2.45) is 5.92 Å². The summed E-state index contributed by atoms with van der Waals surface area (Å²) in [6.07, 6.45) is 7.12. The highest BCUT2D eigenvalue weighted by atomic mass is 32.1. The molecule has 1 aliphatic carbocycles. The van der Waals surface area contributed by atoms with Crippen LogP contribution in [-0.4, -0.2) is 6.61 Å². The summed E-state index contributed by atoms with van der Waals surface area (Å²) in [7, 11) is 0. The van der Waals surface area contributed by atoms with E-state index in [1.807, 2.05) is 6.07 Å². The van der Waals surface area contributed by atoms with E-state index < -0.39 is 0 Å². The van der Waals surface area contributed by atoms with E-state index in [2.05, 4.69) is 19.9 Å². The first-order chi connectivity index (χ1) is 10.7. The molecule has 0 N–H and O–H groups in total. The number of thiophene rings is 1. The Labute approximate surface area is 136 Å². The molecule has 1 aromatic heterocycles. The summed E-state index contributed by atoms with van der Waals surface area (Å²) in [6.45, 7) is 5.04. The van der Waals surface area contributed by atoms with Crippen LogP contribution in [0.3, 0.4) is 0 Å². The SMILES string of the molecule is CCCCOc1ccc2cc(C3CCC(C)CC3)sc2c1F. The van der Waals surface area contributed by atoms with Crippen molar-refractivity contribution < 1.29 is 9.13 Å². The average Bonchev–Trinajstić information content (AvgIpc) is 2.95. The van der Waals surface area contributed by atoms with Crippen LogP contribution in [0.5, 0.6) is 5.75 Å². The maximum absolute atomic E-state index is 14.6.